The highest BCUT2D eigenvalue weighted by atomic mass is 32.2. The standard InChI is InChI=1S/C21H39NO4S/c1-3-4-5-6-7-8-9-10-11-12-13-14-15-16-17-18-21(23)22(2)19-20-27(24,25)26/h7-8,10-11H,3-6,9,12-20H2,1-2H3,(H,24,25,26). The van der Waals surface area contributed by atoms with Crippen molar-refractivity contribution in [2.45, 2.75) is 84.0 Å². The van der Waals surface area contributed by atoms with Crippen LogP contribution < -0.4 is 0 Å². The van der Waals surface area contributed by atoms with E-state index in [4.69, 9.17) is 4.55 Å². The van der Waals surface area contributed by atoms with E-state index in [1.54, 1.807) is 7.05 Å². The molecule has 0 aromatic carbocycles. The summed E-state index contributed by atoms with van der Waals surface area (Å²) >= 11 is 0. The first-order chi connectivity index (χ1) is 12.9. The van der Waals surface area contributed by atoms with Crippen molar-refractivity contribution in [3.8, 4) is 0 Å². The average Bonchev–Trinajstić information content (AvgIpc) is 2.62. The highest BCUT2D eigenvalue weighted by Crippen LogP contribution is 2.09. The number of amides is 1. The third-order valence-electron chi connectivity index (χ3n) is 4.45. The maximum Gasteiger partial charge on any atom is 0.266 e. The number of nitrogens with zero attached hydrogens (tertiary/aromatic N) is 1. The van der Waals surface area contributed by atoms with Crippen molar-refractivity contribution in [3.63, 3.8) is 0 Å². The van der Waals surface area contributed by atoms with Crippen LogP contribution in [0.5, 0.6) is 0 Å². The van der Waals surface area contributed by atoms with Gasteiger partial charge in [0, 0.05) is 20.0 Å². The van der Waals surface area contributed by atoms with Crippen LogP contribution >= 0.6 is 0 Å². The maximum absolute atomic E-state index is 11.8. The van der Waals surface area contributed by atoms with Gasteiger partial charge in [-0.25, -0.2) is 0 Å². The molecular weight excluding hydrogens is 362 g/mol. The van der Waals surface area contributed by atoms with Crippen molar-refractivity contribution in [1.82, 2.24) is 4.90 Å². The highest BCUT2D eigenvalue weighted by Gasteiger charge is 2.12. The van der Waals surface area contributed by atoms with E-state index in [1.165, 1.54) is 43.4 Å². The van der Waals surface area contributed by atoms with E-state index in [2.05, 4.69) is 31.2 Å². The minimum absolute atomic E-state index is 0.0396. The molecule has 0 radical (unpaired) electrons. The zero-order chi connectivity index (χ0) is 20.4. The summed E-state index contributed by atoms with van der Waals surface area (Å²) in [6.45, 7) is 2.26. The molecule has 0 aromatic heterocycles. The monoisotopic (exact) mass is 401 g/mol. The molecule has 0 aromatic rings. The smallest absolute Gasteiger partial charge is 0.266 e. The van der Waals surface area contributed by atoms with E-state index >= 15 is 0 Å². The van der Waals surface area contributed by atoms with Gasteiger partial charge >= 0.3 is 0 Å². The summed E-state index contributed by atoms with van der Waals surface area (Å²) in [5, 5.41) is 0. The van der Waals surface area contributed by atoms with Crippen LogP contribution in [0.25, 0.3) is 0 Å². The number of carbonyl (C=O) groups excluding carboxylic acids is 1. The number of carbonyl (C=O) groups is 1. The molecule has 0 heterocycles. The molecule has 0 rings (SSSR count). The molecule has 0 bridgehead atoms. The number of hydrogen-bond donors (Lipinski definition) is 1. The van der Waals surface area contributed by atoms with Gasteiger partial charge in [-0.05, 0) is 38.5 Å². The molecule has 0 spiro atoms. The topological polar surface area (TPSA) is 74.7 Å². The Balaban J connectivity index is 3.48. The first-order valence-electron chi connectivity index (χ1n) is 10.4. The van der Waals surface area contributed by atoms with Crippen LogP contribution in [-0.2, 0) is 14.9 Å². The summed E-state index contributed by atoms with van der Waals surface area (Å²) in [5.41, 5.74) is 0. The largest absolute Gasteiger partial charge is 0.345 e. The lowest BCUT2D eigenvalue weighted by Gasteiger charge is -2.16. The van der Waals surface area contributed by atoms with Crippen LogP contribution in [0.2, 0.25) is 0 Å². The highest BCUT2D eigenvalue weighted by molar-refractivity contribution is 7.85. The Kier molecular flexibility index (Phi) is 16.3. The third-order valence-corrected chi connectivity index (χ3v) is 5.15. The first kappa shape index (κ1) is 25.9. The Morgan fingerprint density at radius 3 is 2.04 bits per heavy atom. The van der Waals surface area contributed by atoms with Crippen LogP contribution in [0, 0.1) is 0 Å². The van der Waals surface area contributed by atoms with Crippen LogP contribution in [0.15, 0.2) is 24.3 Å². The second kappa shape index (κ2) is 17.0. The molecule has 27 heavy (non-hydrogen) atoms. The summed E-state index contributed by atoms with van der Waals surface area (Å²) in [4.78, 5) is 13.2. The number of hydrogen-bond acceptors (Lipinski definition) is 3. The molecule has 0 fully saturated rings. The van der Waals surface area contributed by atoms with E-state index in [1.807, 2.05) is 0 Å². The van der Waals surface area contributed by atoms with Crippen molar-refractivity contribution < 1.29 is 17.8 Å². The van der Waals surface area contributed by atoms with Crippen LogP contribution in [0.3, 0.4) is 0 Å². The van der Waals surface area contributed by atoms with Gasteiger partial charge in [0.25, 0.3) is 10.1 Å². The molecule has 1 N–H and O–H groups in total. The van der Waals surface area contributed by atoms with Crippen molar-refractivity contribution in [3.05, 3.63) is 24.3 Å². The fourth-order valence-corrected chi connectivity index (χ4v) is 3.16. The predicted octanol–water partition coefficient (Wildman–Crippen LogP) is 5.15. The lowest BCUT2D eigenvalue weighted by atomic mass is 10.1. The molecule has 0 aliphatic heterocycles. The second-order valence-corrected chi connectivity index (χ2v) is 8.65. The minimum Gasteiger partial charge on any atom is -0.345 e. The fraction of sp³-hybridized carbons (Fsp3) is 0.762. The first-order valence-corrected chi connectivity index (χ1v) is 12.0. The molecule has 0 saturated heterocycles. The minimum atomic E-state index is -4.01. The van der Waals surface area contributed by atoms with Crippen molar-refractivity contribution >= 4 is 16.0 Å². The van der Waals surface area contributed by atoms with Gasteiger partial charge in [0.15, 0.2) is 0 Å². The second-order valence-electron chi connectivity index (χ2n) is 7.08. The summed E-state index contributed by atoms with van der Waals surface area (Å²) in [6, 6.07) is 0. The molecule has 0 atom stereocenters. The van der Waals surface area contributed by atoms with Crippen molar-refractivity contribution in [1.29, 1.82) is 0 Å². The summed E-state index contributed by atoms with van der Waals surface area (Å²) < 4.78 is 30.0. The van der Waals surface area contributed by atoms with E-state index in [-0.39, 0.29) is 12.5 Å². The van der Waals surface area contributed by atoms with Crippen molar-refractivity contribution in [2.75, 3.05) is 19.3 Å². The summed E-state index contributed by atoms with van der Waals surface area (Å²) in [6.07, 6.45) is 22.0. The molecule has 5 nitrogen and oxygen atoms in total. The molecule has 0 saturated carbocycles. The van der Waals surface area contributed by atoms with Crippen LogP contribution in [0.4, 0.5) is 0 Å². The molecule has 0 aliphatic rings. The van der Waals surface area contributed by atoms with Gasteiger partial charge in [0.2, 0.25) is 5.91 Å². The Labute approximate surface area is 166 Å². The van der Waals surface area contributed by atoms with Crippen LogP contribution in [0.1, 0.15) is 84.0 Å². The molecule has 158 valence electrons. The summed E-state index contributed by atoms with van der Waals surface area (Å²) in [7, 11) is -2.44. The Morgan fingerprint density at radius 2 is 1.44 bits per heavy atom. The predicted molar refractivity (Wildman–Crippen MR) is 113 cm³/mol. The zero-order valence-corrected chi connectivity index (χ0v) is 18.1. The van der Waals surface area contributed by atoms with Gasteiger partial charge in [0.05, 0.1) is 5.75 Å². The number of allylic oxidation sites excluding steroid dienone is 4. The quantitative estimate of drug-likeness (QED) is 0.208. The van der Waals surface area contributed by atoms with E-state index in [9.17, 15) is 13.2 Å². The number of rotatable bonds is 17. The Bertz CT molecular complexity index is 526. The zero-order valence-electron chi connectivity index (χ0n) is 17.2. The lowest BCUT2D eigenvalue weighted by molar-refractivity contribution is -0.129. The average molecular weight is 402 g/mol. The molecular formula is C21H39NO4S. The van der Waals surface area contributed by atoms with Gasteiger partial charge < -0.3 is 4.90 Å². The van der Waals surface area contributed by atoms with E-state index in [0.717, 1.165) is 32.1 Å². The SMILES string of the molecule is CCCCCC=CCC=CCCCCCCCC(=O)N(C)CCS(=O)(=O)O. The van der Waals surface area contributed by atoms with E-state index < -0.39 is 15.9 Å². The Hall–Kier alpha value is -1.14. The van der Waals surface area contributed by atoms with Gasteiger partial charge in [-0.3, -0.25) is 9.35 Å². The normalized spacial score (nSPS) is 12.3. The van der Waals surface area contributed by atoms with Gasteiger partial charge in [-0.2, -0.15) is 8.42 Å². The van der Waals surface area contributed by atoms with Gasteiger partial charge in [0.1, 0.15) is 0 Å². The lowest BCUT2D eigenvalue weighted by Crippen LogP contribution is -2.31. The molecule has 0 aliphatic carbocycles. The number of unbranched alkanes of at least 4 members (excludes halogenated alkanes) is 8. The van der Waals surface area contributed by atoms with Crippen molar-refractivity contribution in [2.24, 2.45) is 0 Å². The third kappa shape index (κ3) is 19.4. The molecule has 0 unspecified atom stereocenters. The molecule has 6 heteroatoms. The van der Waals surface area contributed by atoms with Crippen LogP contribution in [-0.4, -0.2) is 43.1 Å². The molecule has 1 amide bonds. The maximum atomic E-state index is 11.8. The fourth-order valence-electron chi connectivity index (χ4n) is 2.66. The van der Waals surface area contributed by atoms with E-state index in [0.29, 0.717) is 6.42 Å². The Morgan fingerprint density at radius 1 is 0.889 bits per heavy atom. The van der Waals surface area contributed by atoms with Gasteiger partial charge in [-0.1, -0.05) is 63.3 Å². The van der Waals surface area contributed by atoms with Gasteiger partial charge in [-0.15, -0.1) is 0 Å². The summed E-state index contributed by atoms with van der Waals surface area (Å²) in [5.74, 6) is -0.471.